The minimum absolute atomic E-state index is 0.154. The fraction of sp³-hybridized carbons (Fsp3) is 0.0714. The number of aromatic carboxylic acids is 1. The van der Waals surface area contributed by atoms with Gasteiger partial charge in [0.25, 0.3) is 5.88 Å². The molecule has 2 N–H and O–H groups in total. The van der Waals surface area contributed by atoms with Crippen molar-refractivity contribution in [3.63, 3.8) is 0 Å². The highest BCUT2D eigenvalue weighted by Crippen LogP contribution is 2.30. The van der Waals surface area contributed by atoms with E-state index in [-0.39, 0.29) is 11.7 Å². The Morgan fingerprint density at radius 3 is 2.67 bits per heavy atom. The number of aromatic nitrogens is 1. The zero-order chi connectivity index (χ0) is 15.4. The molecule has 21 heavy (non-hydrogen) atoms. The number of carbonyl (C=O) groups is 2. The lowest BCUT2D eigenvalue weighted by Crippen LogP contribution is -2.08. The molecule has 1 aromatic heterocycles. The van der Waals surface area contributed by atoms with Crippen LogP contribution in [0.15, 0.2) is 36.5 Å². The number of pyridine rings is 1. The number of nitrogens with zero attached hydrogens (tertiary/aromatic N) is 1. The molecule has 0 fully saturated rings. The van der Waals surface area contributed by atoms with E-state index in [9.17, 15) is 14.0 Å². The summed E-state index contributed by atoms with van der Waals surface area (Å²) >= 11 is 0. The van der Waals surface area contributed by atoms with Crippen molar-refractivity contribution in [2.45, 2.75) is 6.92 Å². The maximum atomic E-state index is 13.9. The van der Waals surface area contributed by atoms with E-state index in [1.807, 2.05) is 0 Å². The number of carbonyl (C=O) groups excluding carboxylic acids is 1. The predicted molar refractivity (Wildman–Crippen MR) is 72.0 cm³/mol. The Hall–Kier alpha value is -2.96. The van der Waals surface area contributed by atoms with Gasteiger partial charge in [-0.15, -0.1) is 0 Å². The molecule has 108 valence electrons. The van der Waals surface area contributed by atoms with Gasteiger partial charge >= 0.3 is 5.97 Å². The van der Waals surface area contributed by atoms with Crippen LogP contribution in [-0.2, 0) is 4.79 Å². The number of carboxylic acid groups (broad SMARTS) is 1. The van der Waals surface area contributed by atoms with Crippen LogP contribution in [0.4, 0.5) is 10.1 Å². The smallest absolute Gasteiger partial charge is 0.338 e. The van der Waals surface area contributed by atoms with Gasteiger partial charge in [-0.1, -0.05) is 12.1 Å². The number of hydrogen-bond donors (Lipinski definition) is 2. The molecule has 0 aliphatic heterocycles. The number of ether oxygens (including phenoxy) is 1. The van der Waals surface area contributed by atoms with Crippen molar-refractivity contribution in [1.82, 2.24) is 4.98 Å². The molecule has 1 aromatic carbocycles. The summed E-state index contributed by atoms with van der Waals surface area (Å²) in [4.78, 5) is 25.6. The highest BCUT2D eigenvalue weighted by atomic mass is 19.1. The number of hydrogen-bond acceptors (Lipinski definition) is 4. The van der Waals surface area contributed by atoms with Crippen LogP contribution < -0.4 is 10.1 Å². The predicted octanol–water partition coefficient (Wildman–Crippen LogP) is 2.67. The summed E-state index contributed by atoms with van der Waals surface area (Å²) in [6.45, 7) is 1.32. The van der Waals surface area contributed by atoms with E-state index in [4.69, 9.17) is 9.84 Å². The second kappa shape index (κ2) is 6.00. The van der Waals surface area contributed by atoms with E-state index in [0.29, 0.717) is 5.69 Å². The molecule has 0 aliphatic carbocycles. The molecule has 0 aliphatic rings. The van der Waals surface area contributed by atoms with Gasteiger partial charge in [0, 0.05) is 13.1 Å². The second-order valence-corrected chi connectivity index (χ2v) is 4.06. The molecular formula is C14H11FN2O4. The van der Waals surface area contributed by atoms with Crippen molar-refractivity contribution in [3.8, 4) is 11.6 Å². The van der Waals surface area contributed by atoms with E-state index in [1.165, 1.54) is 13.0 Å². The third kappa shape index (κ3) is 3.33. The number of anilines is 1. The number of rotatable bonds is 4. The summed E-state index contributed by atoms with van der Waals surface area (Å²) in [6, 6.07) is 7.38. The van der Waals surface area contributed by atoms with E-state index in [0.717, 1.165) is 12.3 Å². The first-order chi connectivity index (χ1) is 9.99. The Morgan fingerprint density at radius 2 is 2.00 bits per heavy atom. The third-order valence-corrected chi connectivity index (χ3v) is 2.49. The Kier molecular flexibility index (Phi) is 4.13. The van der Waals surface area contributed by atoms with Crippen molar-refractivity contribution >= 4 is 17.6 Å². The molecule has 2 rings (SSSR count). The molecule has 1 amide bonds. The summed E-state index contributed by atoms with van der Waals surface area (Å²) in [5, 5.41) is 11.4. The van der Waals surface area contributed by atoms with Gasteiger partial charge in [0.2, 0.25) is 5.91 Å². The van der Waals surface area contributed by atoms with Gasteiger partial charge in [-0.3, -0.25) is 4.79 Å². The van der Waals surface area contributed by atoms with Gasteiger partial charge in [0.1, 0.15) is 5.56 Å². The molecule has 1 heterocycles. The molecule has 0 bridgehead atoms. The van der Waals surface area contributed by atoms with E-state index >= 15 is 0 Å². The van der Waals surface area contributed by atoms with Crippen LogP contribution in [0.25, 0.3) is 0 Å². The molecule has 0 atom stereocenters. The topological polar surface area (TPSA) is 88.5 Å². The summed E-state index contributed by atoms with van der Waals surface area (Å²) in [7, 11) is 0. The van der Waals surface area contributed by atoms with Crippen LogP contribution in [-0.4, -0.2) is 22.0 Å². The fourth-order valence-electron chi connectivity index (χ4n) is 1.61. The van der Waals surface area contributed by atoms with Gasteiger partial charge in [-0.05, 0) is 18.2 Å². The fourth-order valence-corrected chi connectivity index (χ4v) is 1.61. The van der Waals surface area contributed by atoms with Crippen LogP contribution in [0.5, 0.6) is 11.6 Å². The first kappa shape index (κ1) is 14.4. The van der Waals surface area contributed by atoms with Crippen LogP contribution in [0, 0.1) is 5.82 Å². The van der Waals surface area contributed by atoms with Crippen molar-refractivity contribution in [3.05, 3.63) is 47.9 Å². The molecule has 0 spiro atoms. The zero-order valence-corrected chi connectivity index (χ0v) is 11.0. The summed E-state index contributed by atoms with van der Waals surface area (Å²) < 4.78 is 19.2. The normalized spacial score (nSPS) is 10.0. The number of amides is 1. The van der Waals surface area contributed by atoms with Gasteiger partial charge in [0.15, 0.2) is 11.6 Å². The third-order valence-electron chi connectivity index (χ3n) is 2.49. The van der Waals surface area contributed by atoms with Gasteiger partial charge in [-0.25, -0.2) is 14.2 Å². The first-order valence-electron chi connectivity index (χ1n) is 5.91. The van der Waals surface area contributed by atoms with Crippen LogP contribution in [0.1, 0.15) is 17.3 Å². The van der Waals surface area contributed by atoms with Crippen molar-refractivity contribution in [2.24, 2.45) is 0 Å². The Morgan fingerprint density at radius 1 is 1.29 bits per heavy atom. The number of para-hydroxylation sites is 2. The Labute approximate surface area is 119 Å². The monoisotopic (exact) mass is 290 g/mol. The lowest BCUT2D eigenvalue weighted by atomic mass is 10.2. The number of halogens is 1. The average Bonchev–Trinajstić information content (AvgIpc) is 2.42. The highest BCUT2D eigenvalue weighted by Gasteiger charge is 2.17. The molecule has 0 saturated heterocycles. The van der Waals surface area contributed by atoms with E-state index < -0.39 is 23.2 Å². The van der Waals surface area contributed by atoms with Gasteiger partial charge in [0.05, 0.1) is 5.69 Å². The first-order valence-corrected chi connectivity index (χ1v) is 5.91. The molecule has 0 unspecified atom stereocenters. The SMILES string of the molecule is CC(=O)Nc1ccccc1Oc1nccc(C(=O)O)c1F. The van der Waals surface area contributed by atoms with Gasteiger partial charge in [-0.2, -0.15) is 0 Å². The second-order valence-electron chi connectivity index (χ2n) is 4.06. The van der Waals surface area contributed by atoms with Crippen LogP contribution in [0.2, 0.25) is 0 Å². The summed E-state index contributed by atoms with van der Waals surface area (Å²) in [6.07, 6.45) is 1.13. The maximum Gasteiger partial charge on any atom is 0.338 e. The largest absolute Gasteiger partial charge is 0.478 e. The minimum atomic E-state index is -1.42. The molecule has 7 heteroatoms. The average molecular weight is 290 g/mol. The molecular weight excluding hydrogens is 279 g/mol. The number of benzene rings is 1. The van der Waals surface area contributed by atoms with Crippen molar-refractivity contribution in [2.75, 3.05) is 5.32 Å². The lowest BCUT2D eigenvalue weighted by Gasteiger charge is -2.11. The number of nitrogens with one attached hydrogen (secondary N) is 1. The van der Waals surface area contributed by atoms with Crippen molar-refractivity contribution < 1.29 is 23.8 Å². The van der Waals surface area contributed by atoms with Crippen LogP contribution >= 0.6 is 0 Å². The Balaban J connectivity index is 2.37. The molecule has 0 radical (unpaired) electrons. The standard InChI is InChI=1S/C14H11FN2O4/c1-8(18)17-10-4-2-3-5-11(10)21-13-12(15)9(14(19)20)6-7-16-13/h2-7H,1H3,(H,17,18)(H,19,20). The maximum absolute atomic E-state index is 13.9. The van der Waals surface area contributed by atoms with Crippen molar-refractivity contribution in [1.29, 1.82) is 0 Å². The molecule has 2 aromatic rings. The summed E-state index contributed by atoms with van der Waals surface area (Å²) in [5.41, 5.74) is -0.219. The lowest BCUT2D eigenvalue weighted by molar-refractivity contribution is -0.114. The zero-order valence-electron chi connectivity index (χ0n) is 11.0. The van der Waals surface area contributed by atoms with Crippen LogP contribution in [0.3, 0.4) is 0 Å². The summed E-state index contributed by atoms with van der Waals surface area (Å²) in [5.74, 6) is -3.15. The van der Waals surface area contributed by atoms with E-state index in [1.54, 1.807) is 18.2 Å². The number of carboxylic acids is 1. The van der Waals surface area contributed by atoms with E-state index in [2.05, 4.69) is 10.3 Å². The Bertz CT molecular complexity index is 703. The highest BCUT2D eigenvalue weighted by molar-refractivity contribution is 5.90. The molecule has 6 nitrogen and oxygen atoms in total. The van der Waals surface area contributed by atoms with Gasteiger partial charge < -0.3 is 15.2 Å². The quantitative estimate of drug-likeness (QED) is 0.903. The minimum Gasteiger partial charge on any atom is -0.478 e. The molecule has 0 saturated carbocycles.